The minimum Gasteiger partial charge on any atom is -0.369 e. The largest absolute Gasteiger partial charge is 0.435 e. The Hall–Kier alpha value is -3.39. The van der Waals surface area contributed by atoms with Crippen LogP contribution in [0.5, 0.6) is 0 Å². The molecule has 0 saturated heterocycles. The summed E-state index contributed by atoms with van der Waals surface area (Å²) in [6, 6.07) is 22.9. The fourth-order valence-corrected chi connectivity index (χ4v) is 3.87. The normalized spacial score (nSPS) is 11.5. The maximum absolute atomic E-state index is 13.4. The first kappa shape index (κ1) is 22.8. The third-order valence-corrected chi connectivity index (χ3v) is 5.83. The zero-order valence-corrected chi connectivity index (χ0v) is 18.9. The van der Waals surface area contributed by atoms with Gasteiger partial charge in [-0.05, 0) is 40.5 Å². The number of nitrogens with two attached hydrogens (primary N) is 1. The smallest absolute Gasteiger partial charge is 0.369 e. The second-order valence-corrected chi connectivity index (χ2v) is 8.10. The molecular weight excluding hydrogens is 495 g/mol. The number of aromatic nitrogens is 2. The van der Waals surface area contributed by atoms with Gasteiger partial charge < -0.3 is 5.73 Å². The summed E-state index contributed by atoms with van der Waals surface area (Å²) >= 11 is 3.42. The van der Waals surface area contributed by atoms with Crippen LogP contribution in [0, 0.1) is 0 Å². The quantitative estimate of drug-likeness (QED) is 0.314. The van der Waals surface area contributed by atoms with Crippen LogP contribution >= 0.6 is 15.9 Å². The Morgan fingerprint density at radius 1 is 0.848 bits per heavy atom. The van der Waals surface area contributed by atoms with E-state index in [0.717, 1.165) is 28.1 Å². The number of amides is 1. The predicted molar refractivity (Wildman–Crippen MR) is 125 cm³/mol. The second kappa shape index (κ2) is 9.23. The third-order valence-electron chi connectivity index (χ3n) is 5.18. The lowest BCUT2D eigenvalue weighted by molar-refractivity contribution is -0.141. The number of nitrogens with zero attached hydrogens (tertiary/aromatic N) is 2. The molecule has 0 spiro atoms. The average molecular weight is 514 g/mol. The third kappa shape index (κ3) is 5.17. The number of hydrogen-bond acceptors (Lipinski definition) is 2. The number of halogens is 4. The van der Waals surface area contributed by atoms with Crippen molar-refractivity contribution in [2.24, 2.45) is 5.73 Å². The SMILES string of the molecule is NC(=O)Cc1ccc(-n2nc(C(F)(F)F)cc2-c2ccc(-c3ccc(CBr)cc3)cc2)cc1. The fourth-order valence-electron chi connectivity index (χ4n) is 3.50. The summed E-state index contributed by atoms with van der Waals surface area (Å²) < 4.78 is 41.6. The molecule has 0 aliphatic rings. The Kier molecular flexibility index (Phi) is 6.37. The van der Waals surface area contributed by atoms with Crippen LogP contribution in [-0.2, 0) is 22.7 Å². The second-order valence-electron chi connectivity index (χ2n) is 7.54. The van der Waals surface area contributed by atoms with E-state index < -0.39 is 17.8 Å². The summed E-state index contributed by atoms with van der Waals surface area (Å²) in [4.78, 5) is 11.1. The highest BCUT2D eigenvalue weighted by Crippen LogP contribution is 2.34. The van der Waals surface area contributed by atoms with E-state index in [1.807, 2.05) is 36.4 Å². The van der Waals surface area contributed by atoms with Crippen molar-refractivity contribution < 1.29 is 18.0 Å². The number of hydrogen-bond donors (Lipinski definition) is 1. The van der Waals surface area contributed by atoms with Crippen molar-refractivity contribution in [3.05, 3.63) is 95.7 Å². The molecule has 0 unspecified atom stereocenters. The molecule has 1 amide bonds. The van der Waals surface area contributed by atoms with Gasteiger partial charge in [0.1, 0.15) is 0 Å². The average Bonchev–Trinajstić information content (AvgIpc) is 3.26. The van der Waals surface area contributed by atoms with Crippen LogP contribution in [0.1, 0.15) is 16.8 Å². The van der Waals surface area contributed by atoms with Crippen LogP contribution in [0.15, 0.2) is 78.9 Å². The lowest BCUT2D eigenvalue weighted by Gasteiger charge is -2.10. The molecule has 4 nitrogen and oxygen atoms in total. The van der Waals surface area contributed by atoms with Gasteiger partial charge in [-0.25, -0.2) is 4.68 Å². The highest BCUT2D eigenvalue weighted by Gasteiger charge is 2.35. The number of carbonyl (C=O) groups is 1. The first-order valence-electron chi connectivity index (χ1n) is 10.0. The summed E-state index contributed by atoms with van der Waals surface area (Å²) in [6.07, 6.45) is -4.53. The highest BCUT2D eigenvalue weighted by molar-refractivity contribution is 9.08. The van der Waals surface area contributed by atoms with Gasteiger partial charge >= 0.3 is 6.18 Å². The van der Waals surface area contributed by atoms with Crippen molar-refractivity contribution >= 4 is 21.8 Å². The van der Waals surface area contributed by atoms with Gasteiger partial charge in [-0.1, -0.05) is 76.6 Å². The molecule has 2 N–H and O–H groups in total. The highest BCUT2D eigenvalue weighted by atomic mass is 79.9. The molecule has 0 bridgehead atoms. The molecule has 0 atom stereocenters. The molecule has 0 fully saturated rings. The van der Waals surface area contributed by atoms with Crippen LogP contribution in [0.2, 0.25) is 0 Å². The number of rotatable bonds is 6. The fraction of sp³-hybridized carbons (Fsp3) is 0.120. The zero-order valence-electron chi connectivity index (χ0n) is 17.3. The molecule has 8 heteroatoms. The van der Waals surface area contributed by atoms with Gasteiger partial charge in [0, 0.05) is 10.9 Å². The van der Waals surface area contributed by atoms with E-state index >= 15 is 0 Å². The van der Waals surface area contributed by atoms with Crippen molar-refractivity contribution in [3.8, 4) is 28.1 Å². The minimum atomic E-state index is -4.58. The summed E-state index contributed by atoms with van der Waals surface area (Å²) in [5, 5.41) is 4.58. The molecular formula is C25H19BrF3N3O. The molecule has 0 aliphatic carbocycles. The predicted octanol–water partition coefficient (Wildman–Crippen LogP) is 6.15. The molecule has 4 aromatic rings. The molecule has 33 heavy (non-hydrogen) atoms. The van der Waals surface area contributed by atoms with Crippen LogP contribution in [0.25, 0.3) is 28.1 Å². The minimum absolute atomic E-state index is 0.0537. The Bertz CT molecular complexity index is 1260. The Balaban J connectivity index is 1.72. The van der Waals surface area contributed by atoms with Crippen molar-refractivity contribution in [1.82, 2.24) is 9.78 Å². The molecule has 0 saturated carbocycles. The number of benzene rings is 3. The first-order valence-corrected chi connectivity index (χ1v) is 11.2. The van der Waals surface area contributed by atoms with Crippen LogP contribution in [0.3, 0.4) is 0 Å². The summed E-state index contributed by atoms with van der Waals surface area (Å²) in [7, 11) is 0. The maximum Gasteiger partial charge on any atom is 0.435 e. The van der Waals surface area contributed by atoms with E-state index in [1.54, 1.807) is 36.4 Å². The molecule has 1 aromatic heterocycles. The van der Waals surface area contributed by atoms with Crippen molar-refractivity contribution in [1.29, 1.82) is 0 Å². The molecule has 4 rings (SSSR count). The van der Waals surface area contributed by atoms with Crippen LogP contribution in [-0.4, -0.2) is 15.7 Å². The standard InChI is InChI=1S/C25H19BrF3N3O/c26-15-17-1-5-18(6-2-17)19-7-9-20(10-8-19)22-14-23(25(27,28)29)31-32(22)21-11-3-16(4-12-21)13-24(30)33/h1-12,14H,13,15H2,(H2,30,33). The molecule has 0 aliphatic heterocycles. The molecule has 3 aromatic carbocycles. The van der Waals surface area contributed by atoms with E-state index in [9.17, 15) is 18.0 Å². The monoisotopic (exact) mass is 513 g/mol. The maximum atomic E-state index is 13.4. The summed E-state index contributed by atoms with van der Waals surface area (Å²) in [6.45, 7) is 0. The van der Waals surface area contributed by atoms with E-state index in [2.05, 4.69) is 21.0 Å². The van der Waals surface area contributed by atoms with Gasteiger partial charge in [0.25, 0.3) is 0 Å². The van der Waals surface area contributed by atoms with Gasteiger partial charge in [0.05, 0.1) is 17.8 Å². The zero-order chi connectivity index (χ0) is 23.6. The lowest BCUT2D eigenvalue weighted by Crippen LogP contribution is -2.13. The van der Waals surface area contributed by atoms with Gasteiger partial charge in [-0.15, -0.1) is 0 Å². The van der Waals surface area contributed by atoms with Gasteiger partial charge in [0.2, 0.25) is 5.91 Å². The topological polar surface area (TPSA) is 60.9 Å². The van der Waals surface area contributed by atoms with Crippen molar-refractivity contribution in [2.75, 3.05) is 0 Å². The summed E-state index contributed by atoms with van der Waals surface area (Å²) in [5.41, 5.74) is 9.38. The Morgan fingerprint density at radius 2 is 1.36 bits per heavy atom. The van der Waals surface area contributed by atoms with Gasteiger partial charge in [-0.2, -0.15) is 18.3 Å². The number of carbonyl (C=O) groups excluding carboxylic acids is 1. The van der Waals surface area contributed by atoms with Crippen molar-refractivity contribution in [3.63, 3.8) is 0 Å². The summed E-state index contributed by atoms with van der Waals surface area (Å²) in [5.74, 6) is -0.483. The lowest BCUT2D eigenvalue weighted by atomic mass is 10.0. The van der Waals surface area contributed by atoms with Crippen LogP contribution < -0.4 is 5.73 Å². The number of alkyl halides is 4. The van der Waals surface area contributed by atoms with Gasteiger partial charge in [0.15, 0.2) is 5.69 Å². The molecule has 168 valence electrons. The van der Waals surface area contributed by atoms with Crippen LogP contribution in [0.4, 0.5) is 13.2 Å². The van der Waals surface area contributed by atoms with E-state index in [-0.39, 0.29) is 6.42 Å². The first-order chi connectivity index (χ1) is 15.7. The molecule has 1 heterocycles. The molecule has 0 radical (unpaired) electrons. The van der Waals surface area contributed by atoms with E-state index in [1.165, 1.54) is 4.68 Å². The Labute approximate surface area is 197 Å². The Morgan fingerprint density at radius 3 is 1.88 bits per heavy atom. The number of primary amides is 1. The van der Waals surface area contributed by atoms with Gasteiger partial charge in [-0.3, -0.25) is 4.79 Å². The van der Waals surface area contributed by atoms with E-state index in [4.69, 9.17) is 5.73 Å². The van der Waals surface area contributed by atoms with Crippen molar-refractivity contribution in [2.45, 2.75) is 17.9 Å². The van der Waals surface area contributed by atoms with E-state index in [0.29, 0.717) is 22.5 Å².